The molecule has 0 bridgehead atoms. The number of hydrogen-bond acceptors (Lipinski definition) is 0. The second-order valence-electron chi connectivity index (χ2n) is 17.1. The van der Waals surface area contributed by atoms with E-state index in [-0.39, 0.29) is 5.41 Å². The van der Waals surface area contributed by atoms with Crippen LogP contribution in [0.3, 0.4) is 0 Å². The van der Waals surface area contributed by atoms with E-state index in [1.807, 2.05) is 0 Å². The van der Waals surface area contributed by atoms with Gasteiger partial charge in [0, 0.05) is 12.6 Å². The van der Waals surface area contributed by atoms with Crippen LogP contribution in [0.1, 0.15) is 57.0 Å². The molecule has 0 fully saturated rings. The Labute approximate surface area is 380 Å². The van der Waals surface area contributed by atoms with Crippen molar-refractivity contribution in [2.24, 2.45) is 0 Å². The molecule has 1 unspecified atom stereocenters. The van der Waals surface area contributed by atoms with E-state index in [9.17, 15) is 0 Å². The summed E-state index contributed by atoms with van der Waals surface area (Å²) in [6.07, 6.45) is 0.858. The summed E-state index contributed by atoms with van der Waals surface area (Å²) in [6, 6.07) is 72.0. The Bertz CT molecular complexity index is 3090. The molecular weight excluding hydrogens is 950 g/mol. The van der Waals surface area contributed by atoms with Gasteiger partial charge in [-0.2, -0.15) is 0 Å². The molecule has 0 N–H and O–H groups in total. The maximum atomic E-state index is 2.52. The molecule has 2 aliphatic carbocycles. The number of fused-ring (bicyclic) bond motifs is 8. The summed E-state index contributed by atoms with van der Waals surface area (Å²) in [6.45, 7) is 6.90. The van der Waals surface area contributed by atoms with Crippen LogP contribution in [0.4, 0.5) is 0 Å². The largest absolute Gasteiger partial charge is 0.0713 e. The first-order chi connectivity index (χ1) is 29.2. The van der Waals surface area contributed by atoms with Crippen molar-refractivity contribution < 1.29 is 0 Å². The van der Waals surface area contributed by atoms with Crippen LogP contribution in [0.15, 0.2) is 188 Å². The molecule has 60 heavy (non-hydrogen) atoms. The summed E-state index contributed by atoms with van der Waals surface area (Å²) in [5, 5.41) is 2.63. The van der Waals surface area contributed by atoms with Gasteiger partial charge in [-0.15, -0.1) is 0 Å². The molecular formula is C58H42I2. The quantitative estimate of drug-likeness (QED) is 0.146. The van der Waals surface area contributed by atoms with Crippen LogP contribution >= 0.6 is 45.2 Å². The van der Waals surface area contributed by atoms with Crippen LogP contribution in [-0.2, 0) is 17.3 Å². The smallest absolute Gasteiger partial charge is 0.0616 e. The van der Waals surface area contributed by atoms with Crippen molar-refractivity contribution >= 4 is 56.0 Å². The topological polar surface area (TPSA) is 0 Å². The van der Waals surface area contributed by atoms with Crippen molar-refractivity contribution in [1.82, 2.24) is 0 Å². The van der Waals surface area contributed by atoms with Gasteiger partial charge in [-0.3, -0.25) is 0 Å². The molecule has 0 amide bonds. The fraction of sp³-hybridized carbons (Fsp3) is 0.103. The Morgan fingerprint density at radius 3 is 1.58 bits per heavy atom. The Hall–Kier alpha value is -5.30. The molecule has 2 aliphatic rings. The third kappa shape index (κ3) is 5.81. The average Bonchev–Trinajstić information content (AvgIpc) is 3.71. The van der Waals surface area contributed by atoms with Crippen molar-refractivity contribution in [3.05, 3.63) is 245 Å². The SMILES string of the molecule is Cc1ccc(C2(c3ccc(C)cc3)c3cc(-c4ccc(I)cc4)ccc3-c3c(CC4(C)c5cc(-c6ccc(I)cc6)ccc5-c5ccc6ccccc6c54)cccc32)cc1. The van der Waals surface area contributed by atoms with Crippen LogP contribution in [0.2, 0.25) is 0 Å². The highest BCUT2D eigenvalue weighted by molar-refractivity contribution is 14.1. The third-order valence-electron chi connectivity index (χ3n) is 13.5. The van der Waals surface area contributed by atoms with Gasteiger partial charge in [0.25, 0.3) is 0 Å². The highest BCUT2D eigenvalue weighted by atomic mass is 127. The predicted octanol–water partition coefficient (Wildman–Crippen LogP) is 15.9. The van der Waals surface area contributed by atoms with Gasteiger partial charge < -0.3 is 0 Å². The summed E-state index contributed by atoms with van der Waals surface area (Å²) >= 11 is 4.81. The minimum Gasteiger partial charge on any atom is -0.0616 e. The minimum atomic E-state index is -0.516. The van der Waals surface area contributed by atoms with Gasteiger partial charge in [-0.1, -0.05) is 170 Å². The van der Waals surface area contributed by atoms with Gasteiger partial charge in [0.1, 0.15) is 0 Å². The van der Waals surface area contributed by atoms with Crippen molar-refractivity contribution in [2.75, 3.05) is 0 Å². The van der Waals surface area contributed by atoms with E-state index < -0.39 is 5.41 Å². The molecule has 0 nitrogen and oxygen atoms in total. The summed E-state index contributed by atoms with van der Waals surface area (Å²) in [5.74, 6) is 0. The zero-order valence-electron chi connectivity index (χ0n) is 33.9. The molecule has 288 valence electrons. The summed E-state index contributed by atoms with van der Waals surface area (Å²) in [4.78, 5) is 0. The van der Waals surface area contributed by atoms with Gasteiger partial charge in [0.2, 0.25) is 0 Å². The Morgan fingerprint density at radius 2 is 0.967 bits per heavy atom. The number of halogens is 2. The normalized spacial score (nSPS) is 15.7. The van der Waals surface area contributed by atoms with Crippen LogP contribution in [0, 0.1) is 21.0 Å². The van der Waals surface area contributed by atoms with Crippen LogP contribution in [0.5, 0.6) is 0 Å². The van der Waals surface area contributed by atoms with Gasteiger partial charge in [0.15, 0.2) is 0 Å². The molecule has 9 aromatic rings. The Balaban J connectivity index is 1.19. The molecule has 0 saturated carbocycles. The lowest BCUT2D eigenvalue weighted by atomic mass is 9.67. The van der Waals surface area contributed by atoms with Gasteiger partial charge in [-0.25, -0.2) is 0 Å². The highest BCUT2D eigenvalue weighted by Crippen LogP contribution is 2.60. The minimum absolute atomic E-state index is 0.305. The predicted molar refractivity (Wildman–Crippen MR) is 269 cm³/mol. The molecule has 0 radical (unpaired) electrons. The van der Waals surface area contributed by atoms with E-state index in [2.05, 4.69) is 254 Å². The molecule has 0 aromatic heterocycles. The average molecular weight is 993 g/mol. The van der Waals surface area contributed by atoms with Crippen molar-refractivity contribution in [3.63, 3.8) is 0 Å². The molecule has 11 rings (SSSR count). The van der Waals surface area contributed by atoms with E-state index in [0.29, 0.717) is 0 Å². The number of aryl methyl sites for hydroxylation is 2. The highest BCUT2D eigenvalue weighted by Gasteiger charge is 2.48. The molecule has 1 atom stereocenters. The number of hydrogen-bond donors (Lipinski definition) is 0. The molecule has 0 spiro atoms. The Morgan fingerprint density at radius 1 is 0.433 bits per heavy atom. The van der Waals surface area contributed by atoms with Crippen molar-refractivity contribution in [3.8, 4) is 44.5 Å². The Kier molecular flexibility index (Phi) is 9.06. The first-order valence-corrected chi connectivity index (χ1v) is 23.0. The van der Waals surface area contributed by atoms with E-state index in [4.69, 9.17) is 0 Å². The summed E-state index contributed by atoms with van der Waals surface area (Å²) in [7, 11) is 0. The lowest BCUT2D eigenvalue weighted by Crippen LogP contribution is -2.29. The fourth-order valence-corrected chi connectivity index (χ4v) is 11.4. The molecule has 0 saturated heterocycles. The van der Waals surface area contributed by atoms with Gasteiger partial charge in [-0.05, 0) is 196 Å². The standard InChI is InChI=1S/C58H42I2/c1-36-11-22-44(23-12-36)58(45-24-13-37(2)14-25-45)52-10-6-8-43(55(52)51-32-21-42(34-54(51)58)39-17-28-47(60)29-18-39)35-57(3)53-33-41(38-15-26-46(59)27-16-38)20-30-49(53)50-31-19-40-7-4-5-9-48(40)56(50)57/h4-34H,35H2,1-3H3. The fourth-order valence-electron chi connectivity index (χ4n) is 10.7. The maximum Gasteiger partial charge on any atom is 0.0713 e. The van der Waals surface area contributed by atoms with Crippen LogP contribution < -0.4 is 0 Å². The molecule has 2 heteroatoms. The maximum absolute atomic E-state index is 2.52. The number of rotatable bonds is 6. The summed E-state index contributed by atoms with van der Waals surface area (Å²) in [5.41, 5.74) is 21.6. The first kappa shape index (κ1) is 37.7. The van der Waals surface area contributed by atoms with Crippen molar-refractivity contribution in [2.45, 2.75) is 38.0 Å². The van der Waals surface area contributed by atoms with Crippen molar-refractivity contribution in [1.29, 1.82) is 0 Å². The molecule has 9 aromatic carbocycles. The zero-order valence-corrected chi connectivity index (χ0v) is 38.2. The van der Waals surface area contributed by atoms with E-state index >= 15 is 0 Å². The van der Waals surface area contributed by atoms with E-state index in [1.54, 1.807) is 0 Å². The second kappa shape index (κ2) is 14.4. The van der Waals surface area contributed by atoms with Gasteiger partial charge >= 0.3 is 0 Å². The van der Waals surface area contributed by atoms with Crippen LogP contribution in [0.25, 0.3) is 55.3 Å². The second-order valence-corrected chi connectivity index (χ2v) is 19.6. The first-order valence-electron chi connectivity index (χ1n) is 20.8. The molecule has 0 heterocycles. The zero-order chi connectivity index (χ0) is 40.8. The van der Waals surface area contributed by atoms with Crippen LogP contribution in [-0.4, -0.2) is 0 Å². The van der Waals surface area contributed by atoms with E-state index in [0.717, 1.165) is 6.42 Å². The number of benzene rings is 9. The van der Waals surface area contributed by atoms with Gasteiger partial charge in [0.05, 0.1) is 5.41 Å². The lowest BCUT2D eigenvalue weighted by Gasteiger charge is -2.35. The monoisotopic (exact) mass is 992 g/mol. The third-order valence-corrected chi connectivity index (χ3v) is 14.9. The molecule has 0 aliphatic heterocycles. The summed E-state index contributed by atoms with van der Waals surface area (Å²) < 4.78 is 2.49. The van der Waals surface area contributed by atoms with E-state index in [1.165, 1.54) is 112 Å². The lowest BCUT2D eigenvalue weighted by molar-refractivity contribution is 0.588.